The first-order valence-corrected chi connectivity index (χ1v) is 8.67. The largest absolute Gasteiger partial charge is 0.381 e. The van der Waals surface area contributed by atoms with Gasteiger partial charge in [-0.05, 0) is 50.1 Å². The Hall–Kier alpha value is -1.17. The van der Waals surface area contributed by atoms with Crippen LogP contribution >= 0.6 is 0 Å². The maximum absolute atomic E-state index is 13.8. The number of benzene rings is 1. The van der Waals surface area contributed by atoms with Gasteiger partial charge in [0.05, 0.1) is 6.61 Å². The van der Waals surface area contributed by atoms with Gasteiger partial charge in [-0.15, -0.1) is 0 Å². The lowest BCUT2D eigenvalue weighted by Crippen LogP contribution is -2.45. The molecule has 128 valence electrons. The lowest BCUT2D eigenvalue weighted by molar-refractivity contribution is 0.184. The van der Waals surface area contributed by atoms with Crippen LogP contribution in [0.3, 0.4) is 0 Å². The summed E-state index contributed by atoms with van der Waals surface area (Å²) in [6.45, 7) is 8.87. The van der Waals surface area contributed by atoms with Crippen molar-refractivity contribution in [2.75, 3.05) is 57.9 Å². The maximum Gasteiger partial charge on any atom is 0.123 e. The summed E-state index contributed by atoms with van der Waals surface area (Å²) < 4.78 is 19.2. The van der Waals surface area contributed by atoms with Crippen LogP contribution in [0.5, 0.6) is 0 Å². The number of anilines is 1. The fourth-order valence-electron chi connectivity index (χ4n) is 3.41. The number of piperazine rings is 1. The van der Waals surface area contributed by atoms with E-state index < -0.39 is 0 Å². The Balaban J connectivity index is 1.70. The van der Waals surface area contributed by atoms with Gasteiger partial charge in [-0.3, -0.25) is 0 Å². The molecule has 2 fully saturated rings. The monoisotopic (exact) mass is 321 g/mol. The zero-order valence-electron chi connectivity index (χ0n) is 14.2. The molecule has 2 aliphatic rings. The molecular weight excluding hydrogens is 293 g/mol. The van der Waals surface area contributed by atoms with Gasteiger partial charge in [0.2, 0.25) is 0 Å². The van der Waals surface area contributed by atoms with Gasteiger partial charge in [0.25, 0.3) is 0 Å². The Bertz CT molecular complexity index is 511. The second kappa shape index (κ2) is 7.60. The summed E-state index contributed by atoms with van der Waals surface area (Å²) in [5.41, 5.74) is 2.23. The number of nitrogens with zero attached hydrogens (tertiary/aromatic N) is 2. The molecule has 0 radical (unpaired) electrons. The Kier molecular flexibility index (Phi) is 5.51. The van der Waals surface area contributed by atoms with Crippen molar-refractivity contribution in [3.05, 3.63) is 29.6 Å². The second-order valence-electron chi connectivity index (χ2n) is 6.85. The third kappa shape index (κ3) is 4.22. The van der Waals surface area contributed by atoms with Crippen LogP contribution in [0.15, 0.2) is 18.2 Å². The van der Waals surface area contributed by atoms with Crippen LogP contribution in [0.25, 0.3) is 0 Å². The van der Waals surface area contributed by atoms with Gasteiger partial charge in [0, 0.05) is 51.1 Å². The van der Waals surface area contributed by atoms with Crippen LogP contribution in [0, 0.1) is 11.7 Å². The standard InChI is InChI=1S/C18H28FN3O/c1-14(20-12-15-5-10-23-13-15)17-11-16(19)3-4-18(17)22-8-6-21(2)7-9-22/h3-4,11,14-15,20H,5-10,12-13H2,1-2H3. The van der Waals surface area contributed by atoms with Gasteiger partial charge >= 0.3 is 0 Å². The van der Waals surface area contributed by atoms with Gasteiger partial charge < -0.3 is 19.9 Å². The molecule has 0 bridgehead atoms. The SMILES string of the molecule is CC(NCC1CCOC1)c1cc(F)ccc1N1CCN(C)CC1. The van der Waals surface area contributed by atoms with Gasteiger partial charge in [-0.25, -0.2) is 4.39 Å². The molecule has 0 aromatic heterocycles. The van der Waals surface area contributed by atoms with Gasteiger partial charge in [-0.1, -0.05) is 0 Å². The summed E-state index contributed by atoms with van der Waals surface area (Å²) in [4.78, 5) is 4.72. The van der Waals surface area contributed by atoms with Gasteiger partial charge in [0.1, 0.15) is 5.82 Å². The number of hydrogen-bond donors (Lipinski definition) is 1. The number of hydrogen-bond acceptors (Lipinski definition) is 4. The van der Waals surface area contributed by atoms with Crippen LogP contribution in [-0.2, 0) is 4.74 Å². The highest BCUT2D eigenvalue weighted by Gasteiger charge is 2.21. The topological polar surface area (TPSA) is 27.7 Å². The van der Waals surface area contributed by atoms with E-state index in [0.29, 0.717) is 5.92 Å². The van der Waals surface area contributed by atoms with Crippen LogP contribution in [0.2, 0.25) is 0 Å². The molecule has 2 atom stereocenters. The summed E-state index contributed by atoms with van der Waals surface area (Å²) in [6.07, 6.45) is 1.12. The molecule has 23 heavy (non-hydrogen) atoms. The molecule has 1 aromatic carbocycles. The van der Waals surface area contributed by atoms with E-state index in [4.69, 9.17) is 4.74 Å². The van der Waals surface area contributed by atoms with Gasteiger partial charge in [0.15, 0.2) is 0 Å². The number of halogens is 1. The molecule has 4 nitrogen and oxygen atoms in total. The van der Waals surface area contributed by atoms with E-state index in [1.807, 2.05) is 6.07 Å². The van der Waals surface area contributed by atoms with Crippen molar-refractivity contribution in [2.24, 2.45) is 5.92 Å². The summed E-state index contributed by atoms with van der Waals surface area (Å²) in [5.74, 6) is 0.425. The minimum absolute atomic E-state index is 0.140. The molecule has 0 saturated carbocycles. The molecule has 2 unspecified atom stereocenters. The first kappa shape index (κ1) is 16.7. The summed E-state index contributed by atoms with van der Waals surface area (Å²) >= 11 is 0. The molecule has 5 heteroatoms. The molecule has 1 N–H and O–H groups in total. The van der Waals surface area contributed by atoms with Crippen LogP contribution in [0.4, 0.5) is 10.1 Å². The lowest BCUT2D eigenvalue weighted by atomic mass is 10.0. The van der Waals surface area contributed by atoms with Crippen molar-refractivity contribution >= 4 is 5.69 Å². The zero-order valence-corrected chi connectivity index (χ0v) is 14.2. The van der Waals surface area contributed by atoms with E-state index in [2.05, 4.69) is 29.1 Å². The third-order valence-corrected chi connectivity index (χ3v) is 5.04. The first-order chi connectivity index (χ1) is 11.1. The summed E-state index contributed by atoms with van der Waals surface area (Å²) in [6, 6.07) is 5.35. The predicted molar refractivity (Wildman–Crippen MR) is 91.5 cm³/mol. The van der Waals surface area contributed by atoms with E-state index in [1.54, 1.807) is 12.1 Å². The molecule has 0 spiro atoms. The Morgan fingerprint density at radius 3 is 2.78 bits per heavy atom. The van der Waals surface area contributed by atoms with Crippen molar-refractivity contribution in [3.8, 4) is 0 Å². The minimum Gasteiger partial charge on any atom is -0.381 e. The molecule has 0 aliphatic carbocycles. The first-order valence-electron chi connectivity index (χ1n) is 8.67. The molecule has 3 rings (SSSR count). The maximum atomic E-state index is 13.8. The molecule has 2 saturated heterocycles. The Morgan fingerprint density at radius 1 is 1.30 bits per heavy atom. The lowest BCUT2D eigenvalue weighted by Gasteiger charge is -2.36. The van der Waals surface area contributed by atoms with E-state index in [1.165, 1.54) is 5.69 Å². The van der Waals surface area contributed by atoms with Gasteiger partial charge in [-0.2, -0.15) is 0 Å². The molecule has 2 aliphatic heterocycles. The van der Waals surface area contributed by atoms with Crippen molar-refractivity contribution < 1.29 is 9.13 Å². The number of nitrogens with one attached hydrogen (secondary N) is 1. The minimum atomic E-state index is -0.157. The van der Waals surface area contributed by atoms with Crippen molar-refractivity contribution in [1.82, 2.24) is 10.2 Å². The van der Waals surface area contributed by atoms with E-state index >= 15 is 0 Å². The molecular formula is C18H28FN3O. The number of rotatable bonds is 5. The quantitative estimate of drug-likeness (QED) is 0.900. The highest BCUT2D eigenvalue weighted by molar-refractivity contribution is 5.55. The Labute approximate surface area is 138 Å². The summed E-state index contributed by atoms with van der Waals surface area (Å²) in [5, 5.41) is 3.57. The predicted octanol–water partition coefficient (Wildman–Crippen LogP) is 2.26. The van der Waals surface area contributed by atoms with Crippen molar-refractivity contribution in [1.29, 1.82) is 0 Å². The van der Waals surface area contributed by atoms with E-state index in [9.17, 15) is 4.39 Å². The fourth-order valence-corrected chi connectivity index (χ4v) is 3.41. The molecule has 0 amide bonds. The average molecular weight is 321 g/mol. The Morgan fingerprint density at radius 2 is 2.09 bits per heavy atom. The highest BCUT2D eigenvalue weighted by atomic mass is 19.1. The third-order valence-electron chi connectivity index (χ3n) is 5.04. The second-order valence-corrected chi connectivity index (χ2v) is 6.85. The molecule has 2 heterocycles. The van der Waals surface area contributed by atoms with Crippen LogP contribution in [-0.4, -0.2) is 57.9 Å². The highest BCUT2D eigenvalue weighted by Crippen LogP contribution is 2.28. The smallest absolute Gasteiger partial charge is 0.123 e. The number of likely N-dealkylation sites (N-methyl/N-ethyl adjacent to an activating group) is 1. The molecule has 1 aromatic rings. The zero-order chi connectivity index (χ0) is 16.2. The van der Waals surface area contributed by atoms with Crippen LogP contribution < -0.4 is 10.2 Å². The fraction of sp³-hybridized carbons (Fsp3) is 0.667. The number of ether oxygens (including phenoxy) is 1. The summed E-state index contributed by atoms with van der Waals surface area (Å²) in [7, 11) is 2.15. The van der Waals surface area contributed by atoms with Crippen LogP contribution in [0.1, 0.15) is 24.9 Å². The van der Waals surface area contributed by atoms with Crippen molar-refractivity contribution in [2.45, 2.75) is 19.4 Å². The normalized spacial score (nSPS) is 24.1. The average Bonchev–Trinajstić information content (AvgIpc) is 3.07. The van der Waals surface area contributed by atoms with E-state index in [-0.39, 0.29) is 11.9 Å². The van der Waals surface area contributed by atoms with E-state index in [0.717, 1.165) is 57.9 Å². The van der Waals surface area contributed by atoms with Crippen molar-refractivity contribution in [3.63, 3.8) is 0 Å².